The van der Waals surface area contributed by atoms with Gasteiger partial charge in [-0.05, 0) is 40.3 Å². The number of nitrogens with one attached hydrogen (secondary N) is 1. The zero-order chi connectivity index (χ0) is 20.5. The molecule has 0 aliphatic heterocycles. The minimum atomic E-state index is -0.534. The zero-order valence-corrected chi connectivity index (χ0v) is 16.8. The molecule has 152 valence electrons. The van der Waals surface area contributed by atoms with E-state index in [4.69, 9.17) is 15.2 Å². The van der Waals surface area contributed by atoms with E-state index in [1.165, 1.54) is 0 Å². The average Bonchev–Trinajstić information content (AvgIpc) is 3.21. The van der Waals surface area contributed by atoms with Gasteiger partial charge in [-0.25, -0.2) is 0 Å². The highest BCUT2D eigenvalue weighted by Crippen LogP contribution is 2.28. The summed E-state index contributed by atoms with van der Waals surface area (Å²) in [6, 6.07) is 15.3. The monoisotopic (exact) mass is 414 g/mol. The van der Waals surface area contributed by atoms with E-state index in [1.807, 2.05) is 42.5 Å². The van der Waals surface area contributed by atoms with Crippen LogP contribution >= 0.6 is 11.8 Å². The molecule has 3 aromatic rings. The molecule has 3 rings (SSSR count). The Labute approximate surface area is 172 Å². The van der Waals surface area contributed by atoms with Crippen LogP contribution in [0.15, 0.2) is 53.7 Å². The van der Waals surface area contributed by atoms with Crippen molar-refractivity contribution in [1.29, 1.82) is 0 Å². The van der Waals surface area contributed by atoms with Crippen molar-refractivity contribution in [3.05, 3.63) is 54.1 Å². The number of hydrogen-bond acceptors (Lipinski definition) is 8. The first-order valence-electron chi connectivity index (χ1n) is 8.92. The SMILES string of the molecule is COc1cc(CNCCSc2nnnn2-c2ccccc2)ccc1OCC(N)=O. The molecule has 10 heteroatoms. The van der Waals surface area contributed by atoms with Crippen LogP contribution in [0.5, 0.6) is 11.5 Å². The maximum atomic E-state index is 10.9. The summed E-state index contributed by atoms with van der Waals surface area (Å²) in [5.74, 6) is 1.32. The summed E-state index contributed by atoms with van der Waals surface area (Å²) in [6.07, 6.45) is 0. The molecule has 9 nitrogen and oxygen atoms in total. The van der Waals surface area contributed by atoms with Crippen LogP contribution in [0.3, 0.4) is 0 Å². The van der Waals surface area contributed by atoms with Gasteiger partial charge in [0.2, 0.25) is 5.16 Å². The minimum absolute atomic E-state index is 0.187. The molecule has 1 amide bonds. The average molecular weight is 414 g/mol. The van der Waals surface area contributed by atoms with E-state index in [1.54, 1.807) is 29.6 Å². The molecule has 0 aliphatic carbocycles. The maximum absolute atomic E-state index is 10.9. The summed E-state index contributed by atoms with van der Waals surface area (Å²) in [4.78, 5) is 10.9. The van der Waals surface area contributed by atoms with Gasteiger partial charge in [-0.3, -0.25) is 4.79 Å². The number of carbonyl (C=O) groups excluding carboxylic acids is 1. The van der Waals surface area contributed by atoms with Gasteiger partial charge in [-0.1, -0.05) is 36.0 Å². The fourth-order valence-electron chi connectivity index (χ4n) is 2.54. The maximum Gasteiger partial charge on any atom is 0.255 e. The third-order valence-corrected chi connectivity index (χ3v) is 4.80. The molecular weight excluding hydrogens is 392 g/mol. The van der Waals surface area contributed by atoms with Crippen molar-refractivity contribution in [2.24, 2.45) is 5.73 Å². The lowest BCUT2D eigenvalue weighted by atomic mass is 10.2. The predicted octanol–water partition coefficient (Wildman–Crippen LogP) is 1.42. The molecule has 3 N–H and O–H groups in total. The fourth-order valence-corrected chi connectivity index (χ4v) is 3.32. The first-order valence-corrected chi connectivity index (χ1v) is 9.91. The van der Waals surface area contributed by atoms with Gasteiger partial charge in [0, 0.05) is 18.8 Å². The highest BCUT2D eigenvalue weighted by molar-refractivity contribution is 7.99. The van der Waals surface area contributed by atoms with Gasteiger partial charge in [0.1, 0.15) is 0 Å². The number of rotatable bonds is 11. The lowest BCUT2D eigenvalue weighted by Crippen LogP contribution is -2.20. The van der Waals surface area contributed by atoms with Crippen molar-refractivity contribution in [2.45, 2.75) is 11.7 Å². The highest BCUT2D eigenvalue weighted by Gasteiger charge is 2.09. The molecule has 1 heterocycles. The van der Waals surface area contributed by atoms with Gasteiger partial charge in [0.15, 0.2) is 18.1 Å². The quantitative estimate of drug-likeness (QED) is 0.357. The Bertz CT molecular complexity index is 935. The van der Waals surface area contributed by atoms with Gasteiger partial charge in [-0.15, -0.1) is 5.10 Å². The van der Waals surface area contributed by atoms with E-state index < -0.39 is 5.91 Å². The molecule has 0 unspecified atom stereocenters. The van der Waals surface area contributed by atoms with Crippen LogP contribution in [-0.4, -0.2) is 52.1 Å². The molecular formula is C19H22N6O3S. The van der Waals surface area contributed by atoms with E-state index in [2.05, 4.69) is 20.8 Å². The van der Waals surface area contributed by atoms with Gasteiger partial charge >= 0.3 is 0 Å². The Morgan fingerprint density at radius 1 is 1.21 bits per heavy atom. The Hall–Kier alpha value is -3.11. The molecule has 0 saturated carbocycles. The van der Waals surface area contributed by atoms with Crippen LogP contribution in [0.4, 0.5) is 0 Å². The number of nitrogens with zero attached hydrogens (tertiary/aromatic N) is 4. The van der Waals surface area contributed by atoms with E-state index in [9.17, 15) is 4.79 Å². The number of para-hydroxylation sites is 1. The third-order valence-electron chi connectivity index (χ3n) is 3.88. The molecule has 0 bridgehead atoms. The van der Waals surface area contributed by atoms with Crippen molar-refractivity contribution in [1.82, 2.24) is 25.5 Å². The number of aromatic nitrogens is 4. The third kappa shape index (κ3) is 5.93. The molecule has 1 aromatic heterocycles. The van der Waals surface area contributed by atoms with Crippen molar-refractivity contribution in [2.75, 3.05) is 26.0 Å². The van der Waals surface area contributed by atoms with Crippen LogP contribution in [0.25, 0.3) is 5.69 Å². The summed E-state index contributed by atoms with van der Waals surface area (Å²) >= 11 is 1.58. The Balaban J connectivity index is 1.47. The Morgan fingerprint density at radius 2 is 2.03 bits per heavy atom. The van der Waals surface area contributed by atoms with Crippen molar-refractivity contribution in [3.8, 4) is 17.2 Å². The smallest absolute Gasteiger partial charge is 0.255 e. The lowest BCUT2D eigenvalue weighted by molar-refractivity contribution is -0.119. The van der Waals surface area contributed by atoms with E-state index in [0.29, 0.717) is 18.0 Å². The predicted molar refractivity (Wildman–Crippen MR) is 109 cm³/mol. The molecule has 29 heavy (non-hydrogen) atoms. The highest BCUT2D eigenvalue weighted by atomic mass is 32.2. The number of methoxy groups -OCH3 is 1. The molecule has 0 atom stereocenters. The van der Waals surface area contributed by atoms with Gasteiger partial charge in [0.05, 0.1) is 12.8 Å². The summed E-state index contributed by atoms with van der Waals surface area (Å²) < 4.78 is 12.4. The Morgan fingerprint density at radius 3 is 2.79 bits per heavy atom. The molecule has 0 radical (unpaired) electrons. The second-order valence-electron chi connectivity index (χ2n) is 5.97. The van der Waals surface area contributed by atoms with Gasteiger partial charge in [0.25, 0.3) is 5.91 Å². The first-order chi connectivity index (χ1) is 14.2. The summed E-state index contributed by atoms with van der Waals surface area (Å²) in [5, 5.41) is 16.0. The number of ether oxygens (including phenoxy) is 2. The summed E-state index contributed by atoms with van der Waals surface area (Å²) in [7, 11) is 1.55. The van der Waals surface area contributed by atoms with Crippen molar-refractivity contribution >= 4 is 17.7 Å². The normalized spacial score (nSPS) is 10.7. The van der Waals surface area contributed by atoms with Gasteiger partial charge in [-0.2, -0.15) is 4.68 Å². The van der Waals surface area contributed by atoms with Crippen LogP contribution in [-0.2, 0) is 11.3 Å². The standard InChI is InChI=1S/C19H22N6O3S/c1-27-17-11-14(7-8-16(17)28-13-18(20)26)12-21-9-10-29-19-22-23-24-25(19)15-5-3-2-4-6-15/h2-8,11,21H,9-10,12-13H2,1H3,(H2,20,26). The summed E-state index contributed by atoms with van der Waals surface area (Å²) in [6.45, 7) is 1.25. The second-order valence-corrected chi connectivity index (χ2v) is 7.04. The van der Waals surface area contributed by atoms with Crippen LogP contribution in [0.2, 0.25) is 0 Å². The zero-order valence-electron chi connectivity index (χ0n) is 15.9. The molecule has 0 fully saturated rings. The number of hydrogen-bond donors (Lipinski definition) is 2. The molecule has 0 aliphatic rings. The topological polar surface area (TPSA) is 117 Å². The fraction of sp³-hybridized carbons (Fsp3) is 0.263. The van der Waals surface area contributed by atoms with Crippen molar-refractivity contribution < 1.29 is 14.3 Å². The number of nitrogens with two attached hydrogens (primary N) is 1. The number of primary amides is 1. The van der Waals surface area contributed by atoms with Gasteiger partial charge < -0.3 is 20.5 Å². The number of tetrazole rings is 1. The first kappa shape index (κ1) is 20.6. The molecule has 0 saturated heterocycles. The second kappa shape index (κ2) is 10.4. The van der Waals surface area contributed by atoms with Crippen LogP contribution < -0.4 is 20.5 Å². The van der Waals surface area contributed by atoms with Crippen LogP contribution in [0.1, 0.15) is 5.56 Å². The summed E-state index contributed by atoms with van der Waals surface area (Å²) in [5.41, 5.74) is 7.07. The number of benzene rings is 2. The number of amides is 1. The number of carbonyl (C=O) groups is 1. The largest absolute Gasteiger partial charge is 0.493 e. The van der Waals surface area contributed by atoms with E-state index in [0.717, 1.165) is 28.7 Å². The van der Waals surface area contributed by atoms with Crippen molar-refractivity contribution in [3.63, 3.8) is 0 Å². The van der Waals surface area contributed by atoms with E-state index >= 15 is 0 Å². The van der Waals surface area contributed by atoms with Crippen LogP contribution in [0, 0.1) is 0 Å². The molecule has 0 spiro atoms. The lowest BCUT2D eigenvalue weighted by Gasteiger charge is -2.11. The van der Waals surface area contributed by atoms with E-state index in [-0.39, 0.29) is 6.61 Å². The molecule has 2 aromatic carbocycles. The minimum Gasteiger partial charge on any atom is -0.493 e. The Kier molecular flexibility index (Phi) is 7.42. The number of thioether (sulfide) groups is 1.